The number of halogens is 1. The fourth-order valence-corrected chi connectivity index (χ4v) is 5.90. The molecular weight excluding hydrogens is 605 g/mol. The number of carbonyl (C=O) groups is 2. The van der Waals surface area contributed by atoms with Gasteiger partial charge in [0.15, 0.2) is 11.5 Å². The number of hydrogen-bond acceptors (Lipinski definition) is 8. The molecule has 13 heteroatoms. The molecule has 0 aromatic heterocycles. The zero-order chi connectivity index (χ0) is 33.3. The van der Waals surface area contributed by atoms with Gasteiger partial charge in [-0.3, -0.25) is 13.9 Å². The average Bonchev–Trinajstić information content (AvgIpc) is 3.05. The summed E-state index contributed by atoms with van der Waals surface area (Å²) in [5.41, 5.74) is 0.157. The molecule has 0 aliphatic rings. The third-order valence-corrected chi connectivity index (χ3v) is 9.10. The van der Waals surface area contributed by atoms with Crippen LogP contribution in [0.4, 0.5) is 10.1 Å². The van der Waals surface area contributed by atoms with Crippen molar-refractivity contribution in [1.29, 1.82) is 0 Å². The first-order valence-electron chi connectivity index (χ1n) is 14.2. The van der Waals surface area contributed by atoms with Gasteiger partial charge < -0.3 is 29.2 Å². The lowest BCUT2D eigenvalue weighted by molar-refractivity contribution is -0.139. The van der Waals surface area contributed by atoms with Gasteiger partial charge in [0.1, 0.15) is 29.9 Å². The molecule has 0 spiro atoms. The highest BCUT2D eigenvalue weighted by Crippen LogP contribution is 2.37. The van der Waals surface area contributed by atoms with Gasteiger partial charge in [-0.2, -0.15) is 0 Å². The van der Waals surface area contributed by atoms with Crippen LogP contribution in [-0.2, 0) is 26.2 Å². The predicted molar refractivity (Wildman–Crippen MR) is 168 cm³/mol. The molecule has 0 heterocycles. The lowest BCUT2D eigenvalue weighted by Gasteiger charge is -2.33. The van der Waals surface area contributed by atoms with Crippen molar-refractivity contribution >= 4 is 27.5 Å². The van der Waals surface area contributed by atoms with Crippen molar-refractivity contribution in [2.45, 2.75) is 50.7 Å². The van der Waals surface area contributed by atoms with E-state index in [1.165, 1.54) is 83.9 Å². The standard InChI is InChI=1S/C32H40FN3O8S/c1-8-21(2)34-32(38)22(3)35(19-23-11-9-10-12-26(23)33)31(37)20-36(27-17-24(41-4)13-15-28(27)42-5)45(39,40)25-14-16-29(43-6)30(18-25)44-7/h9-18,21-22H,8,19-20H2,1-7H3,(H,34,38)/t21-,22-/m0/s1. The fraction of sp³-hybridized carbons (Fsp3) is 0.375. The smallest absolute Gasteiger partial charge is 0.265 e. The van der Waals surface area contributed by atoms with Crippen molar-refractivity contribution in [3.8, 4) is 23.0 Å². The van der Waals surface area contributed by atoms with Crippen LogP contribution in [0.5, 0.6) is 23.0 Å². The number of sulfonamides is 1. The van der Waals surface area contributed by atoms with Gasteiger partial charge in [0.05, 0.1) is 39.0 Å². The number of ether oxygens (including phenoxy) is 4. The van der Waals surface area contributed by atoms with Crippen LogP contribution in [0.1, 0.15) is 32.8 Å². The van der Waals surface area contributed by atoms with E-state index in [4.69, 9.17) is 18.9 Å². The second kappa shape index (κ2) is 15.5. The summed E-state index contributed by atoms with van der Waals surface area (Å²) in [4.78, 5) is 28.4. The number of methoxy groups -OCH3 is 4. The predicted octanol–water partition coefficient (Wildman–Crippen LogP) is 4.39. The molecule has 244 valence electrons. The summed E-state index contributed by atoms with van der Waals surface area (Å²) >= 11 is 0. The van der Waals surface area contributed by atoms with Crippen LogP contribution >= 0.6 is 0 Å². The van der Waals surface area contributed by atoms with E-state index >= 15 is 0 Å². The molecule has 11 nitrogen and oxygen atoms in total. The van der Waals surface area contributed by atoms with E-state index in [0.29, 0.717) is 17.9 Å². The number of nitrogens with zero attached hydrogens (tertiary/aromatic N) is 2. The molecule has 3 aromatic carbocycles. The number of carbonyl (C=O) groups excluding carboxylic acids is 2. The fourth-order valence-electron chi connectivity index (χ4n) is 4.47. The quantitative estimate of drug-likeness (QED) is 0.258. The third-order valence-electron chi connectivity index (χ3n) is 7.34. The Bertz CT molecular complexity index is 1600. The van der Waals surface area contributed by atoms with Crippen LogP contribution in [0.15, 0.2) is 65.6 Å². The van der Waals surface area contributed by atoms with Gasteiger partial charge in [-0.1, -0.05) is 25.1 Å². The van der Waals surface area contributed by atoms with Crippen LogP contribution < -0.4 is 28.6 Å². The second-order valence-corrected chi connectivity index (χ2v) is 12.0. The molecule has 0 unspecified atom stereocenters. The minimum atomic E-state index is -4.51. The van der Waals surface area contributed by atoms with Crippen molar-refractivity contribution in [2.24, 2.45) is 0 Å². The SMILES string of the molecule is CC[C@H](C)NC(=O)[C@H](C)N(Cc1ccccc1F)C(=O)CN(c1cc(OC)ccc1OC)S(=O)(=O)c1ccc(OC)c(OC)c1. The zero-order valence-corrected chi connectivity index (χ0v) is 27.3. The molecule has 1 N–H and O–H groups in total. The lowest BCUT2D eigenvalue weighted by Crippen LogP contribution is -2.52. The van der Waals surface area contributed by atoms with E-state index in [2.05, 4.69) is 5.32 Å². The zero-order valence-electron chi connectivity index (χ0n) is 26.5. The summed E-state index contributed by atoms with van der Waals surface area (Å²) in [6, 6.07) is 13.1. The Labute approximate surface area is 263 Å². The number of hydrogen-bond donors (Lipinski definition) is 1. The second-order valence-electron chi connectivity index (χ2n) is 10.2. The summed E-state index contributed by atoms with van der Waals surface area (Å²) in [5.74, 6) is -0.921. The monoisotopic (exact) mass is 645 g/mol. The van der Waals surface area contributed by atoms with Gasteiger partial charge >= 0.3 is 0 Å². The van der Waals surface area contributed by atoms with E-state index in [-0.39, 0.29) is 40.2 Å². The normalized spacial score (nSPS) is 12.4. The van der Waals surface area contributed by atoms with Crippen molar-refractivity contribution in [1.82, 2.24) is 10.2 Å². The van der Waals surface area contributed by atoms with Crippen LogP contribution in [-0.4, -0.2) is 72.2 Å². The van der Waals surface area contributed by atoms with Crippen molar-refractivity contribution in [3.63, 3.8) is 0 Å². The van der Waals surface area contributed by atoms with Gasteiger partial charge in [-0.15, -0.1) is 0 Å². The van der Waals surface area contributed by atoms with E-state index in [9.17, 15) is 22.4 Å². The minimum absolute atomic E-state index is 0.00235. The Morgan fingerprint density at radius 3 is 2.11 bits per heavy atom. The largest absolute Gasteiger partial charge is 0.497 e. The Hall–Kier alpha value is -4.52. The average molecular weight is 646 g/mol. The van der Waals surface area contributed by atoms with Gasteiger partial charge in [-0.05, 0) is 50.6 Å². The number of nitrogens with one attached hydrogen (secondary N) is 1. The van der Waals surface area contributed by atoms with Crippen molar-refractivity contribution < 1.29 is 41.3 Å². The Balaban J connectivity index is 2.18. The number of anilines is 1. The maximum absolute atomic E-state index is 14.8. The molecule has 0 bridgehead atoms. The minimum Gasteiger partial charge on any atom is -0.497 e. The van der Waals surface area contributed by atoms with Gasteiger partial charge in [-0.25, -0.2) is 12.8 Å². The summed E-state index contributed by atoms with van der Waals surface area (Å²) < 4.78 is 65.8. The molecule has 0 fully saturated rings. The summed E-state index contributed by atoms with van der Waals surface area (Å²) in [6.07, 6.45) is 0.646. The maximum Gasteiger partial charge on any atom is 0.265 e. The molecule has 45 heavy (non-hydrogen) atoms. The van der Waals surface area contributed by atoms with Crippen LogP contribution in [0.25, 0.3) is 0 Å². The first-order chi connectivity index (χ1) is 21.4. The Kier molecular flexibility index (Phi) is 12.0. The van der Waals surface area contributed by atoms with Crippen LogP contribution in [0, 0.1) is 5.82 Å². The Morgan fingerprint density at radius 1 is 0.867 bits per heavy atom. The van der Waals surface area contributed by atoms with E-state index in [1.54, 1.807) is 12.1 Å². The lowest BCUT2D eigenvalue weighted by atomic mass is 10.1. The Morgan fingerprint density at radius 2 is 1.51 bits per heavy atom. The molecule has 0 saturated heterocycles. The first kappa shape index (κ1) is 35.0. The highest BCUT2D eigenvalue weighted by molar-refractivity contribution is 7.92. The molecule has 0 aliphatic heterocycles. The topological polar surface area (TPSA) is 124 Å². The highest BCUT2D eigenvalue weighted by atomic mass is 32.2. The van der Waals surface area contributed by atoms with Crippen molar-refractivity contribution in [2.75, 3.05) is 39.3 Å². The van der Waals surface area contributed by atoms with E-state index < -0.39 is 40.2 Å². The number of amides is 2. The molecule has 0 radical (unpaired) electrons. The number of rotatable bonds is 15. The molecule has 2 amide bonds. The molecule has 3 rings (SSSR count). The van der Waals surface area contributed by atoms with Crippen molar-refractivity contribution in [3.05, 3.63) is 72.0 Å². The molecular formula is C32H40FN3O8S. The number of benzene rings is 3. The maximum atomic E-state index is 14.8. The van der Waals surface area contributed by atoms with Gasteiger partial charge in [0, 0.05) is 30.3 Å². The van der Waals surface area contributed by atoms with E-state index in [0.717, 1.165) is 9.21 Å². The summed E-state index contributed by atoms with van der Waals surface area (Å²) in [5, 5.41) is 2.84. The third kappa shape index (κ3) is 8.15. The van der Waals surface area contributed by atoms with Gasteiger partial charge in [0.25, 0.3) is 10.0 Å². The van der Waals surface area contributed by atoms with Crippen LogP contribution in [0.3, 0.4) is 0 Å². The van der Waals surface area contributed by atoms with E-state index in [1.807, 2.05) is 13.8 Å². The highest BCUT2D eigenvalue weighted by Gasteiger charge is 2.35. The molecule has 3 aromatic rings. The van der Waals surface area contributed by atoms with Gasteiger partial charge in [0.2, 0.25) is 11.8 Å². The molecule has 0 saturated carbocycles. The summed E-state index contributed by atoms with van der Waals surface area (Å²) in [7, 11) is 1.05. The molecule has 2 atom stereocenters. The summed E-state index contributed by atoms with van der Waals surface area (Å²) in [6.45, 7) is 4.17. The first-order valence-corrected chi connectivity index (χ1v) is 15.7. The van der Waals surface area contributed by atoms with Crippen LogP contribution in [0.2, 0.25) is 0 Å². The molecule has 0 aliphatic carbocycles.